The summed E-state index contributed by atoms with van der Waals surface area (Å²) in [5, 5.41) is 8.88. The molecule has 0 bridgehead atoms. The maximum atomic E-state index is 11.6. The quantitative estimate of drug-likeness (QED) is 0.600. The number of hydrogen-bond acceptors (Lipinski definition) is 3. The fraction of sp³-hybridized carbons (Fsp3) is 0.333. The Labute approximate surface area is 99.6 Å². The first-order chi connectivity index (χ1) is 7.63. The molecule has 0 fully saturated rings. The highest BCUT2D eigenvalue weighted by atomic mass is 35.5. The summed E-state index contributed by atoms with van der Waals surface area (Å²) in [4.78, 5) is 11.6. The minimum absolute atomic E-state index is 0.223. The van der Waals surface area contributed by atoms with E-state index in [0.29, 0.717) is 23.3 Å². The maximum Gasteiger partial charge on any atom is 0.338 e. The van der Waals surface area contributed by atoms with Gasteiger partial charge in [-0.1, -0.05) is 6.07 Å². The monoisotopic (exact) mass is 237 g/mol. The highest BCUT2D eigenvalue weighted by molar-refractivity contribution is 6.17. The van der Waals surface area contributed by atoms with Gasteiger partial charge in [0.05, 0.1) is 23.8 Å². The first-order valence-corrected chi connectivity index (χ1v) is 5.44. The number of ether oxygens (including phenoxy) is 1. The lowest BCUT2D eigenvalue weighted by Crippen LogP contribution is -2.08. The molecule has 0 aromatic heterocycles. The van der Waals surface area contributed by atoms with Crippen molar-refractivity contribution < 1.29 is 9.53 Å². The molecule has 1 aromatic rings. The van der Waals surface area contributed by atoms with Crippen LogP contribution in [0.25, 0.3) is 0 Å². The zero-order valence-electron chi connectivity index (χ0n) is 9.21. The van der Waals surface area contributed by atoms with Gasteiger partial charge in [0.25, 0.3) is 0 Å². The van der Waals surface area contributed by atoms with Crippen molar-refractivity contribution >= 4 is 17.6 Å². The van der Waals surface area contributed by atoms with Gasteiger partial charge in [0.2, 0.25) is 0 Å². The zero-order chi connectivity index (χ0) is 12.1. The molecule has 0 radical (unpaired) electrons. The molecule has 0 spiro atoms. The third-order valence-electron chi connectivity index (χ3n) is 2.21. The summed E-state index contributed by atoms with van der Waals surface area (Å²) in [7, 11) is 0. The van der Waals surface area contributed by atoms with Crippen molar-refractivity contribution in [2.45, 2.75) is 19.7 Å². The molecule has 3 nitrogen and oxygen atoms in total. The largest absolute Gasteiger partial charge is 0.462 e. The molecule has 0 aliphatic carbocycles. The van der Waals surface area contributed by atoms with Crippen LogP contribution < -0.4 is 0 Å². The summed E-state index contributed by atoms with van der Waals surface area (Å²) in [5.74, 6) is -0.213. The molecule has 1 aromatic carbocycles. The maximum absolute atomic E-state index is 11.6. The normalized spacial score (nSPS) is 9.62. The van der Waals surface area contributed by atoms with E-state index in [9.17, 15) is 4.79 Å². The summed E-state index contributed by atoms with van der Waals surface area (Å²) in [6, 6.07) is 5.31. The van der Waals surface area contributed by atoms with E-state index in [4.69, 9.17) is 21.6 Å². The van der Waals surface area contributed by atoms with E-state index in [0.717, 1.165) is 5.56 Å². The number of alkyl halides is 1. The Bertz CT molecular complexity index is 449. The molecule has 16 heavy (non-hydrogen) atoms. The summed E-state index contributed by atoms with van der Waals surface area (Å²) >= 11 is 5.75. The molecule has 0 amide bonds. The summed E-state index contributed by atoms with van der Waals surface area (Å²) < 4.78 is 4.90. The molecule has 0 aliphatic heterocycles. The number of benzene rings is 1. The lowest BCUT2D eigenvalue weighted by Gasteiger charge is -2.08. The molecule has 0 aliphatic rings. The number of carbonyl (C=O) groups is 1. The van der Waals surface area contributed by atoms with Gasteiger partial charge in [-0.15, -0.1) is 11.6 Å². The SMILES string of the molecule is CCOC(=O)c1cc(C#N)c(C)cc1CCl. The second-order valence-electron chi connectivity index (χ2n) is 3.29. The second-order valence-corrected chi connectivity index (χ2v) is 3.56. The van der Waals surface area contributed by atoms with Crippen molar-refractivity contribution in [2.24, 2.45) is 0 Å². The van der Waals surface area contributed by atoms with Crippen molar-refractivity contribution in [3.8, 4) is 6.07 Å². The number of rotatable bonds is 3. The summed E-state index contributed by atoms with van der Waals surface area (Å²) in [5.41, 5.74) is 2.35. The molecule has 0 N–H and O–H groups in total. The van der Waals surface area contributed by atoms with E-state index in [-0.39, 0.29) is 5.88 Å². The summed E-state index contributed by atoms with van der Waals surface area (Å²) in [6.07, 6.45) is 0. The van der Waals surface area contributed by atoms with Crippen LogP contribution in [0.1, 0.15) is 34.0 Å². The van der Waals surface area contributed by atoms with E-state index in [1.165, 1.54) is 6.07 Å². The fourth-order valence-electron chi connectivity index (χ4n) is 1.40. The average Bonchev–Trinajstić information content (AvgIpc) is 2.28. The molecule has 1 rings (SSSR count). The Kier molecular flexibility index (Phi) is 4.33. The molecular weight excluding hydrogens is 226 g/mol. The molecule has 84 valence electrons. The Morgan fingerprint density at radius 1 is 1.56 bits per heavy atom. The van der Waals surface area contributed by atoms with Gasteiger partial charge in [-0.05, 0) is 31.0 Å². The van der Waals surface area contributed by atoms with E-state index < -0.39 is 5.97 Å². The van der Waals surface area contributed by atoms with Crippen molar-refractivity contribution in [3.05, 3.63) is 34.4 Å². The van der Waals surface area contributed by atoms with Crippen LogP contribution in [0.3, 0.4) is 0 Å². The molecule has 4 heteroatoms. The molecule has 0 saturated heterocycles. The van der Waals surface area contributed by atoms with Gasteiger partial charge in [0, 0.05) is 5.88 Å². The van der Waals surface area contributed by atoms with E-state index in [1.807, 2.05) is 13.0 Å². The van der Waals surface area contributed by atoms with Gasteiger partial charge in [-0.2, -0.15) is 5.26 Å². The molecular formula is C12H12ClNO2. The average molecular weight is 238 g/mol. The van der Waals surface area contributed by atoms with Crippen LogP contribution in [0.5, 0.6) is 0 Å². The van der Waals surface area contributed by atoms with Crippen LogP contribution in [-0.4, -0.2) is 12.6 Å². The second kappa shape index (κ2) is 5.53. The van der Waals surface area contributed by atoms with Gasteiger partial charge >= 0.3 is 5.97 Å². The van der Waals surface area contributed by atoms with Crippen LogP contribution in [0.15, 0.2) is 12.1 Å². The van der Waals surface area contributed by atoms with Crippen molar-refractivity contribution in [3.63, 3.8) is 0 Å². The number of carbonyl (C=O) groups excluding carboxylic acids is 1. The first-order valence-electron chi connectivity index (χ1n) is 4.90. The Balaban J connectivity index is 3.26. The first kappa shape index (κ1) is 12.5. The van der Waals surface area contributed by atoms with Crippen LogP contribution in [0.4, 0.5) is 0 Å². The van der Waals surface area contributed by atoms with Crippen LogP contribution in [0, 0.1) is 18.3 Å². The van der Waals surface area contributed by atoms with Gasteiger partial charge in [0.1, 0.15) is 0 Å². The number of halogens is 1. The van der Waals surface area contributed by atoms with Gasteiger partial charge in [0.15, 0.2) is 0 Å². The number of hydrogen-bond donors (Lipinski definition) is 0. The lowest BCUT2D eigenvalue weighted by molar-refractivity contribution is 0.0525. The Morgan fingerprint density at radius 2 is 2.25 bits per heavy atom. The Hall–Kier alpha value is -1.53. The zero-order valence-corrected chi connectivity index (χ0v) is 9.97. The van der Waals surface area contributed by atoms with Crippen LogP contribution in [-0.2, 0) is 10.6 Å². The lowest BCUT2D eigenvalue weighted by atomic mass is 10.0. The predicted octanol–water partition coefficient (Wildman–Crippen LogP) is 2.78. The predicted molar refractivity (Wildman–Crippen MR) is 61.4 cm³/mol. The number of aryl methyl sites for hydroxylation is 1. The van der Waals surface area contributed by atoms with Gasteiger partial charge in [-0.3, -0.25) is 0 Å². The molecule has 0 saturated carbocycles. The molecule has 0 heterocycles. The third-order valence-corrected chi connectivity index (χ3v) is 2.50. The van der Waals surface area contributed by atoms with Crippen molar-refractivity contribution in [2.75, 3.05) is 6.61 Å². The standard InChI is InChI=1S/C12H12ClNO2/c1-3-16-12(15)11-5-10(7-14)8(2)4-9(11)6-13/h4-5H,3,6H2,1-2H3. The molecule has 0 unspecified atom stereocenters. The van der Waals surface area contributed by atoms with E-state index >= 15 is 0 Å². The van der Waals surface area contributed by atoms with Gasteiger partial charge < -0.3 is 4.74 Å². The van der Waals surface area contributed by atoms with Crippen LogP contribution in [0.2, 0.25) is 0 Å². The minimum atomic E-state index is -0.436. The smallest absolute Gasteiger partial charge is 0.338 e. The van der Waals surface area contributed by atoms with E-state index in [2.05, 4.69) is 0 Å². The topological polar surface area (TPSA) is 50.1 Å². The highest BCUT2D eigenvalue weighted by Gasteiger charge is 2.14. The minimum Gasteiger partial charge on any atom is -0.462 e. The van der Waals surface area contributed by atoms with Crippen molar-refractivity contribution in [1.29, 1.82) is 5.26 Å². The highest BCUT2D eigenvalue weighted by Crippen LogP contribution is 2.19. The van der Waals surface area contributed by atoms with E-state index in [1.54, 1.807) is 13.0 Å². The Morgan fingerprint density at radius 3 is 2.75 bits per heavy atom. The van der Waals surface area contributed by atoms with Gasteiger partial charge in [-0.25, -0.2) is 4.79 Å². The third kappa shape index (κ3) is 2.53. The van der Waals surface area contributed by atoms with Crippen LogP contribution >= 0.6 is 11.6 Å². The molecule has 0 atom stereocenters. The summed E-state index contributed by atoms with van der Waals surface area (Å²) in [6.45, 7) is 3.84. The number of nitrogens with zero attached hydrogens (tertiary/aromatic N) is 1. The number of nitriles is 1. The van der Waals surface area contributed by atoms with Crippen molar-refractivity contribution in [1.82, 2.24) is 0 Å². The number of esters is 1. The fourth-order valence-corrected chi connectivity index (χ4v) is 1.62.